The molecule has 0 amide bonds. The fourth-order valence-electron chi connectivity index (χ4n) is 3.32. The molecular weight excluding hydrogens is 328 g/mol. The summed E-state index contributed by atoms with van der Waals surface area (Å²) in [6.07, 6.45) is 1.75. The van der Waals surface area contributed by atoms with Crippen LogP contribution in [0.1, 0.15) is 30.8 Å². The van der Waals surface area contributed by atoms with Crippen molar-refractivity contribution in [3.05, 3.63) is 35.2 Å². The van der Waals surface area contributed by atoms with Gasteiger partial charge in [-0.15, -0.1) is 5.10 Å². The first kappa shape index (κ1) is 16.8. The molecule has 0 radical (unpaired) electrons. The van der Waals surface area contributed by atoms with E-state index < -0.39 is 0 Å². The Bertz CT molecular complexity index is 914. The van der Waals surface area contributed by atoms with Gasteiger partial charge >= 0.3 is 0 Å². The van der Waals surface area contributed by atoms with Gasteiger partial charge in [0.15, 0.2) is 5.58 Å². The SMILES string of the molecule is CCc1nnc(N2CCN(c3nc4cc(C)ccc4o3)CC2)nc1CC. The number of piperazine rings is 1. The van der Waals surface area contributed by atoms with E-state index in [1.807, 2.05) is 12.1 Å². The van der Waals surface area contributed by atoms with E-state index in [1.54, 1.807) is 0 Å². The molecule has 26 heavy (non-hydrogen) atoms. The van der Waals surface area contributed by atoms with Crippen molar-refractivity contribution in [1.29, 1.82) is 0 Å². The lowest BCUT2D eigenvalue weighted by molar-refractivity contribution is 0.537. The molecule has 0 saturated carbocycles. The third-order valence-corrected chi connectivity index (χ3v) is 4.86. The Morgan fingerprint density at radius 2 is 1.65 bits per heavy atom. The molecule has 0 N–H and O–H groups in total. The molecule has 7 nitrogen and oxygen atoms in total. The molecule has 3 aromatic rings. The number of oxazole rings is 1. The highest BCUT2D eigenvalue weighted by atomic mass is 16.4. The molecule has 0 bridgehead atoms. The number of fused-ring (bicyclic) bond motifs is 1. The normalized spacial score (nSPS) is 15.0. The first-order valence-corrected chi connectivity index (χ1v) is 9.27. The number of benzene rings is 1. The van der Waals surface area contributed by atoms with Gasteiger partial charge in [0.1, 0.15) is 5.52 Å². The lowest BCUT2D eigenvalue weighted by Gasteiger charge is -2.33. The molecule has 0 unspecified atom stereocenters. The topological polar surface area (TPSA) is 71.2 Å². The summed E-state index contributed by atoms with van der Waals surface area (Å²) in [6, 6.07) is 6.78. The van der Waals surface area contributed by atoms with Crippen LogP contribution in [0.4, 0.5) is 12.0 Å². The van der Waals surface area contributed by atoms with E-state index in [-0.39, 0.29) is 0 Å². The molecular formula is C19H24N6O. The van der Waals surface area contributed by atoms with Gasteiger partial charge < -0.3 is 14.2 Å². The van der Waals surface area contributed by atoms with E-state index in [2.05, 4.69) is 51.8 Å². The Morgan fingerprint density at radius 1 is 0.923 bits per heavy atom. The lowest BCUT2D eigenvalue weighted by atomic mass is 10.2. The quantitative estimate of drug-likeness (QED) is 0.715. The molecule has 2 aromatic heterocycles. The molecule has 1 saturated heterocycles. The largest absolute Gasteiger partial charge is 0.423 e. The second-order valence-corrected chi connectivity index (χ2v) is 6.65. The van der Waals surface area contributed by atoms with E-state index in [1.165, 1.54) is 5.56 Å². The van der Waals surface area contributed by atoms with Gasteiger partial charge in [-0.3, -0.25) is 0 Å². The highest BCUT2D eigenvalue weighted by Crippen LogP contribution is 2.24. The molecule has 4 rings (SSSR count). The highest BCUT2D eigenvalue weighted by molar-refractivity contribution is 5.75. The minimum absolute atomic E-state index is 0.694. The van der Waals surface area contributed by atoms with Crippen molar-refractivity contribution in [3.63, 3.8) is 0 Å². The number of hydrogen-bond acceptors (Lipinski definition) is 7. The monoisotopic (exact) mass is 352 g/mol. The molecule has 3 heterocycles. The summed E-state index contributed by atoms with van der Waals surface area (Å²) in [6.45, 7) is 9.57. The summed E-state index contributed by atoms with van der Waals surface area (Å²) in [7, 11) is 0. The number of hydrogen-bond donors (Lipinski definition) is 0. The van der Waals surface area contributed by atoms with Crippen LogP contribution in [0.25, 0.3) is 11.1 Å². The van der Waals surface area contributed by atoms with Gasteiger partial charge in [-0.05, 0) is 37.5 Å². The fourth-order valence-corrected chi connectivity index (χ4v) is 3.32. The lowest BCUT2D eigenvalue weighted by Crippen LogP contribution is -2.47. The van der Waals surface area contributed by atoms with Gasteiger partial charge in [0.2, 0.25) is 5.95 Å². The Kier molecular flexibility index (Phi) is 4.44. The Labute approximate surface area is 153 Å². The van der Waals surface area contributed by atoms with Gasteiger partial charge in [0, 0.05) is 26.2 Å². The summed E-state index contributed by atoms with van der Waals surface area (Å²) >= 11 is 0. The van der Waals surface area contributed by atoms with Crippen LogP contribution in [0.2, 0.25) is 0 Å². The number of anilines is 2. The van der Waals surface area contributed by atoms with Gasteiger partial charge in [-0.2, -0.15) is 10.1 Å². The zero-order valence-electron chi connectivity index (χ0n) is 15.6. The summed E-state index contributed by atoms with van der Waals surface area (Å²) < 4.78 is 5.92. The van der Waals surface area contributed by atoms with Crippen LogP contribution >= 0.6 is 0 Å². The zero-order valence-corrected chi connectivity index (χ0v) is 15.6. The third-order valence-electron chi connectivity index (χ3n) is 4.86. The number of nitrogens with zero attached hydrogens (tertiary/aromatic N) is 6. The van der Waals surface area contributed by atoms with Crippen molar-refractivity contribution < 1.29 is 4.42 Å². The Hall–Kier alpha value is -2.70. The van der Waals surface area contributed by atoms with E-state index >= 15 is 0 Å². The van der Waals surface area contributed by atoms with Crippen molar-refractivity contribution >= 4 is 23.1 Å². The van der Waals surface area contributed by atoms with E-state index in [0.29, 0.717) is 6.01 Å². The van der Waals surface area contributed by atoms with Crippen molar-refractivity contribution in [1.82, 2.24) is 20.2 Å². The van der Waals surface area contributed by atoms with Crippen LogP contribution < -0.4 is 9.80 Å². The molecule has 0 spiro atoms. The molecule has 1 aliphatic rings. The second-order valence-electron chi connectivity index (χ2n) is 6.65. The van der Waals surface area contributed by atoms with Crippen molar-refractivity contribution in [2.45, 2.75) is 33.6 Å². The second kappa shape index (κ2) is 6.90. The van der Waals surface area contributed by atoms with Crippen molar-refractivity contribution in [2.75, 3.05) is 36.0 Å². The van der Waals surface area contributed by atoms with Gasteiger partial charge in [0.05, 0.1) is 11.4 Å². The number of aromatic nitrogens is 4. The van der Waals surface area contributed by atoms with Crippen LogP contribution in [-0.4, -0.2) is 46.3 Å². The van der Waals surface area contributed by atoms with Crippen molar-refractivity contribution in [3.8, 4) is 0 Å². The first-order chi connectivity index (χ1) is 12.7. The van der Waals surface area contributed by atoms with Gasteiger partial charge in [-0.1, -0.05) is 19.9 Å². The smallest absolute Gasteiger partial charge is 0.298 e. The van der Waals surface area contributed by atoms with Crippen LogP contribution in [0.5, 0.6) is 0 Å². The Morgan fingerprint density at radius 3 is 2.38 bits per heavy atom. The van der Waals surface area contributed by atoms with Crippen LogP contribution in [0, 0.1) is 6.92 Å². The number of aryl methyl sites for hydroxylation is 3. The predicted octanol–water partition coefficient (Wildman–Crippen LogP) is 2.77. The summed E-state index contributed by atoms with van der Waals surface area (Å²) in [5.74, 6) is 0.729. The van der Waals surface area contributed by atoms with E-state index in [4.69, 9.17) is 9.40 Å². The summed E-state index contributed by atoms with van der Waals surface area (Å²) in [5, 5.41) is 8.69. The van der Waals surface area contributed by atoms with Gasteiger partial charge in [0.25, 0.3) is 6.01 Å². The van der Waals surface area contributed by atoms with Gasteiger partial charge in [-0.25, -0.2) is 4.98 Å². The third kappa shape index (κ3) is 3.09. The van der Waals surface area contributed by atoms with Crippen molar-refractivity contribution in [2.24, 2.45) is 0 Å². The summed E-state index contributed by atoms with van der Waals surface area (Å²) in [5.41, 5.74) is 4.99. The Balaban J connectivity index is 1.48. The highest BCUT2D eigenvalue weighted by Gasteiger charge is 2.23. The number of rotatable bonds is 4. The fraction of sp³-hybridized carbons (Fsp3) is 0.474. The average Bonchev–Trinajstić information content (AvgIpc) is 3.10. The average molecular weight is 352 g/mol. The molecule has 0 aliphatic carbocycles. The predicted molar refractivity (Wildman–Crippen MR) is 102 cm³/mol. The maximum atomic E-state index is 5.92. The van der Waals surface area contributed by atoms with E-state index in [0.717, 1.165) is 67.5 Å². The molecule has 0 atom stereocenters. The minimum atomic E-state index is 0.694. The maximum Gasteiger partial charge on any atom is 0.298 e. The standard InChI is InChI=1S/C19H24N6O/c1-4-14-15(5-2)22-23-18(20-14)24-8-10-25(11-9-24)19-21-16-12-13(3)6-7-17(16)26-19/h6-7,12H,4-5,8-11H2,1-3H3. The molecule has 136 valence electrons. The minimum Gasteiger partial charge on any atom is -0.423 e. The molecule has 1 aromatic carbocycles. The first-order valence-electron chi connectivity index (χ1n) is 9.27. The van der Waals surface area contributed by atoms with E-state index in [9.17, 15) is 0 Å². The maximum absolute atomic E-state index is 5.92. The summed E-state index contributed by atoms with van der Waals surface area (Å²) in [4.78, 5) is 13.7. The molecule has 7 heteroatoms. The van der Waals surface area contributed by atoms with Crippen LogP contribution in [0.15, 0.2) is 22.6 Å². The van der Waals surface area contributed by atoms with Crippen LogP contribution in [-0.2, 0) is 12.8 Å². The molecule has 1 fully saturated rings. The zero-order chi connectivity index (χ0) is 18.1. The molecule has 1 aliphatic heterocycles. The van der Waals surface area contributed by atoms with Crippen LogP contribution in [0.3, 0.4) is 0 Å².